The maximum atomic E-state index is 5.54. The fourth-order valence-corrected chi connectivity index (χ4v) is 1.51. The molecule has 0 aromatic carbocycles. The van der Waals surface area contributed by atoms with Crippen molar-refractivity contribution in [1.82, 2.24) is 15.0 Å². The summed E-state index contributed by atoms with van der Waals surface area (Å²) in [5.74, 6) is 6.45. The number of aryl methyl sites for hydroxylation is 1. The fraction of sp³-hybridized carbons (Fsp3) is 0.700. The number of methoxy groups -OCH3 is 1. The van der Waals surface area contributed by atoms with Crippen LogP contribution in [0.15, 0.2) is 12.4 Å². The normalized spacial score (nSPS) is 14.2. The third kappa shape index (κ3) is 3.02. The zero-order valence-electron chi connectivity index (χ0n) is 9.82. The van der Waals surface area contributed by atoms with Gasteiger partial charge in [0.25, 0.3) is 0 Å². The molecule has 0 spiro atoms. The van der Waals surface area contributed by atoms with Crippen LogP contribution in [0, 0.1) is 0 Å². The van der Waals surface area contributed by atoms with E-state index in [0.717, 1.165) is 12.2 Å². The van der Waals surface area contributed by atoms with Crippen molar-refractivity contribution in [3.63, 3.8) is 0 Å². The lowest BCUT2D eigenvalue weighted by Gasteiger charge is -2.27. The second kappa shape index (κ2) is 4.74. The number of hydrazine groups is 1. The van der Waals surface area contributed by atoms with Crippen LogP contribution in [0.1, 0.15) is 32.1 Å². The molecule has 15 heavy (non-hydrogen) atoms. The van der Waals surface area contributed by atoms with Crippen LogP contribution in [-0.4, -0.2) is 22.3 Å². The molecule has 0 aliphatic rings. The van der Waals surface area contributed by atoms with Gasteiger partial charge in [-0.05, 0) is 20.3 Å². The van der Waals surface area contributed by atoms with E-state index >= 15 is 0 Å². The van der Waals surface area contributed by atoms with Gasteiger partial charge in [-0.1, -0.05) is 0 Å². The first-order valence-corrected chi connectivity index (χ1v) is 4.98. The zero-order valence-corrected chi connectivity index (χ0v) is 9.82. The van der Waals surface area contributed by atoms with Crippen LogP contribution in [0.3, 0.4) is 0 Å². The molecule has 86 valence electrons. The number of nitrogens with one attached hydrogen (secondary N) is 1. The van der Waals surface area contributed by atoms with Gasteiger partial charge in [0.05, 0.1) is 11.6 Å². The fourth-order valence-electron chi connectivity index (χ4n) is 1.51. The van der Waals surface area contributed by atoms with Gasteiger partial charge in [0.1, 0.15) is 5.82 Å². The van der Waals surface area contributed by atoms with E-state index in [1.54, 1.807) is 13.3 Å². The Bertz CT molecular complexity index is 308. The summed E-state index contributed by atoms with van der Waals surface area (Å²) in [7, 11) is 3.65. The highest BCUT2D eigenvalue weighted by Crippen LogP contribution is 2.23. The molecule has 0 radical (unpaired) electrons. The Labute approximate surface area is 90.6 Å². The highest BCUT2D eigenvalue weighted by molar-refractivity contribution is 5.00. The van der Waals surface area contributed by atoms with Gasteiger partial charge in [-0.3, -0.25) is 5.84 Å². The molecule has 3 N–H and O–H groups in total. The van der Waals surface area contributed by atoms with Crippen molar-refractivity contribution in [2.75, 3.05) is 7.11 Å². The second-order valence-electron chi connectivity index (χ2n) is 4.28. The highest BCUT2D eigenvalue weighted by atomic mass is 16.5. The molecule has 0 bridgehead atoms. The molecule has 0 fully saturated rings. The van der Waals surface area contributed by atoms with Crippen molar-refractivity contribution in [1.29, 1.82) is 0 Å². The number of nitrogens with zero attached hydrogens (tertiary/aromatic N) is 2. The number of ether oxygens (including phenoxy) is 1. The number of hydrogen-bond acceptors (Lipinski definition) is 4. The highest BCUT2D eigenvalue weighted by Gasteiger charge is 2.25. The summed E-state index contributed by atoms with van der Waals surface area (Å²) in [6.45, 7) is 4.06. The monoisotopic (exact) mass is 212 g/mol. The van der Waals surface area contributed by atoms with Crippen LogP contribution in [-0.2, 0) is 11.8 Å². The maximum absolute atomic E-state index is 5.54. The van der Waals surface area contributed by atoms with Crippen LogP contribution >= 0.6 is 0 Å². The van der Waals surface area contributed by atoms with Crippen LogP contribution in [0.2, 0.25) is 0 Å². The van der Waals surface area contributed by atoms with Gasteiger partial charge in [0.2, 0.25) is 0 Å². The lowest BCUT2D eigenvalue weighted by Crippen LogP contribution is -2.36. The molecule has 0 aliphatic carbocycles. The molecule has 1 atom stereocenters. The summed E-state index contributed by atoms with van der Waals surface area (Å²) in [4.78, 5) is 4.27. The summed E-state index contributed by atoms with van der Waals surface area (Å²) in [6, 6.07) is -0.0000463. The number of aromatic nitrogens is 2. The molecule has 1 heterocycles. The van der Waals surface area contributed by atoms with Crippen LogP contribution in [0.25, 0.3) is 0 Å². The average molecular weight is 212 g/mol. The van der Waals surface area contributed by atoms with Crippen molar-refractivity contribution in [2.24, 2.45) is 12.9 Å². The van der Waals surface area contributed by atoms with Crippen LogP contribution < -0.4 is 11.3 Å². The SMILES string of the molecule is COC(C)(C)CC(NN)c1nccn1C. The summed E-state index contributed by atoms with van der Waals surface area (Å²) in [6.07, 6.45) is 4.43. The Kier molecular flexibility index (Phi) is 3.84. The van der Waals surface area contributed by atoms with E-state index in [1.165, 1.54) is 0 Å². The third-order valence-corrected chi connectivity index (χ3v) is 2.62. The molecule has 1 unspecified atom stereocenters. The Balaban J connectivity index is 2.77. The second-order valence-corrected chi connectivity index (χ2v) is 4.28. The van der Waals surface area contributed by atoms with E-state index in [2.05, 4.69) is 10.4 Å². The quantitative estimate of drug-likeness (QED) is 0.558. The predicted molar refractivity (Wildman–Crippen MR) is 59.0 cm³/mol. The topological polar surface area (TPSA) is 65.1 Å². The molecule has 0 saturated carbocycles. The number of nitrogens with two attached hydrogens (primary N) is 1. The number of imidazole rings is 1. The van der Waals surface area contributed by atoms with Gasteiger partial charge in [0, 0.05) is 26.6 Å². The van der Waals surface area contributed by atoms with Crippen molar-refractivity contribution >= 4 is 0 Å². The van der Waals surface area contributed by atoms with Crippen molar-refractivity contribution in [3.05, 3.63) is 18.2 Å². The zero-order chi connectivity index (χ0) is 11.5. The number of hydrogen-bond donors (Lipinski definition) is 2. The van der Waals surface area contributed by atoms with Crippen molar-refractivity contribution < 1.29 is 4.74 Å². The summed E-state index contributed by atoms with van der Waals surface area (Å²) < 4.78 is 7.33. The Hall–Kier alpha value is -0.910. The lowest BCUT2D eigenvalue weighted by molar-refractivity contribution is 0.00587. The van der Waals surface area contributed by atoms with E-state index in [1.807, 2.05) is 31.7 Å². The van der Waals surface area contributed by atoms with E-state index in [-0.39, 0.29) is 11.6 Å². The van der Waals surface area contributed by atoms with E-state index in [9.17, 15) is 0 Å². The van der Waals surface area contributed by atoms with Crippen LogP contribution in [0.5, 0.6) is 0 Å². The minimum Gasteiger partial charge on any atom is -0.379 e. The molecule has 1 rings (SSSR count). The Morgan fingerprint density at radius 1 is 1.67 bits per heavy atom. The largest absolute Gasteiger partial charge is 0.379 e. The van der Waals surface area contributed by atoms with Crippen molar-refractivity contribution in [2.45, 2.75) is 31.9 Å². The Morgan fingerprint density at radius 2 is 2.33 bits per heavy atom. The van der Waals surface area contributed by atoms with Crippen LogP contribution in [0.4, 0.5) is 0 Å². The summed E-state index contributed by atoms with van der Waals surface area (Å²) >= 11 is 0. The van der Waals surface area contributed by atoms with Gasteiger partial charge >= 0.3 is 0 Å². The molecule has 0 aliphatic heterocycles. The van der Waals surface area contributed by atoms with Gasteiger partial charge in [-0.25, -0.2) is 10.4 Å². The first-order valence-electron chi connectivity index (χ1n) is 4.98. The smallest absolute Gasteiger partial charge is 0.127 e. The molecule has 0 amide bonds. The van der Waals surface area contributed by atoms with Gasteiger partial charge < -0.3 is 9.30 Å². The minimum atomic E-state index is -0.219. The minimum absolute atomic E-state index is 0.0000463. The molecule has 0 saturated heterocycles. The number of rotatable bonds is 5. The predicted octanol–water partition coefficient (Wildman–Crippen LogP) is 0.740. The molecular weight excluding hydrogens is 192 g/mol. The standard InChI is InChI=1S/C10H20N4O/c1-10(2,15-4)7-8(13-11)9-12-5-6-14(9)3/h5-6,8,13H,7,11H2,1-4H3. The summed E-state index contributed by atoms with van der Waals surface area (Å²) in [5, 5.41) is 0. The molecule has 5 nitrogen and oxygen atoms in total. The van der Waals surface area contributed by atoms with E-state index in [4.69, 9.17) is 10.6 Å². The third-order valence-electron chi connectivity index (χ3n) is 2.62. The van der Waals surface area contributed by atoms with E-state index in [0.29, 0.717) is 0 Å². The summed E-state index contributed by atoms with van der Waals surface area (Å²) in [5.41, 5.74) is 2.55. The molecule has 5 heteroatoms. The average Bonchev–Trinajstić information content (AvgIpc) is 2.61. The van der Waals surface area contributed by atoms with Crippen molar-refractivity contribution in [3.8, 4) is 0 Å². The lowest BCUT2D eigenvalue weighted by atomic mass is 9.98. The van der Waals surface area contributed by atoms with E-state index < -0.39 is 0 Å². The van der Waals surface area contributed by atoms with Gasteiger partial charge in [-0.15, -0.1) is 0 Å². The maximum Gasteiger partial charge on any atom is 0.127 e. The Morgan fingerprint density at radius 3 is 2.73 bits per heavy atom. The molecule has 1 aromatic rings. The first-order chi connectivity index (χ1) is 7.00. The molecule has 1 aromatic heterocycles. The first kappa shape index (κ1) is 12.2. The van der Waals surface area contributed by atoms with Gasteiger partial charge in [-0.2, -0.15) is 0 Å². The van der Waals surface area contributed by atoms with Gasteiger partial charge in [0.15, 0.2) is 0 Å². The molecular formula is C10H20N4O.